The van der Waals surface area contributed by atoms with Gasteiger partial charge in [-0.1, -0.05) is 18.2 Å². The Morgan fingerprint density at radius 3 is 2.65 bits per heavy atom. The second-order valence-corrected chi connectivity index (χ2v) is 5.41. The summed E-state index contributed by atoms with van der Waals surface area (Å²) >= 11 is 0. The number of hydrogen-bond acceptors (Lipinski definition) is 6. The van der Waals surface area contributed by atoms with Gasteiger partial charge in [-0.05, 0) is 25.0 Å². The third kappa shape index (κ3) is 3.89. The molecule has 0 fully saturated rings. The molecular weight excluding hydrogens is 302 g/mol. The summed E-state index contributed by atoms with van der Waals surface area (Å²) < 4.78 is 4.83. The first-order valence-corrected chi connectivity index (χ1v) is 7.37. The third-order valence-electron chi connectivity index (χ3n) is 3.79. The van der Waals surface area contributed by atoms with Gasteiger partial charge in [0.2, 0.25) is 6.29 Å². The number of rotatable bonds is 7. The minimum absolute atomic E-state index is 0.131. The highest BCUT2D eigenvalue weighted by atomic mass is 16.6. The molecule has 1 heterocycles. The van der Waals surface area contributed by atoms with Gasteiger partial charge in [-0.3, -0.25) is 4.79 Å². The van der Waals surface area contributed by atoms with Gasteiger partial charge in [0.1, 0.15) is 6.10 Å². The molecule has 2 aromatic rings. The lowest BCUT2D eigenvalue weighted by molar-refractivity contribution is -0.201. The average Bonchev–Trinajstić information content (AvgIpc) is 2.97. The van der Waals surface area contributed by atoms with E-state index < -0.39 is 30.4 Å². The molecule has 126 valence electrons. The van der Waals surface area contributed by atoms with E-state index in [2.05, 4.69) is 4.98 Å². The fourth-order valence-electron chi connectivity index (χ4n) is 2.36. The maximum absolute atomic E-state index is 12.1. The molecule has 7 nitrogen and oxygen atoms in total. The van der Waals surface area contributed by atoms with Crippen LogP contribution in [0.25, 0.3) is 10.9 Å². The number of nitrogens with one attached hydrogen (secondary N) is 1. The summed E-state index contributed by atoms with van der Waals surface area (Å²) in [5, 5.41) is 38.4. The summed E-state index contributed by atoms with van der Waals surface area (Å²) in [6, 6.07) is 7.46. The molecule has 0 bridgehead atoms. The number of aliphatic hydroxyl groups excluding tert-OH is 4. The second-order valence-electron chi connectivity index (χ2n) is 5.41. The van der Waals surface area contributed by atoms with Crippen LogP contribution in [0.5, 0.6) is 0 Å². The van der Waals surface area contributed by atoms with Crippen LogP contribution >= 0.6 is 0 Å². The van der Waals surface area contributed by atoms with E-state index >= 15 is 0 Å². The molecule has 1 aromatic heterocycles. The van der Waals surface area contributed by atoms with Gasteiger partial charge in [-0.15, -0.1) is 0 Å². The first-order valence-electron chi connectivity index (χ1n) is 7.37. The summed E-state index contributed by atoms with van der Waals surface area (Å²) in [5.41, 5.74) is 1.59. The number of esters is 1. The van der Waals surface area contributed by atoms with Crippen molar-refractivity contribution in [1.82, 2.24) is 4.98 Å². The molecule has 0 aliphatic heterocycles. The molecule has 4 unspecified atom stereocenters. The fraction of sp³-hybridized carbons (Fsp3) is 0.438. The number of carbonyl (C=O) groups excluding carboxylic acids is 1. The lowest BCUT2D eigenvalue weighted by atomic mass is 10.0. The molecule has 0 saturated heterocycles. The Kier molecular flexibility index (Phi) is 5.73. The van der Waals surface area contributed by atoms with Crippen LogP contribution in [0, 0.1) is 0 Å². The van der Waals surface area contributed by atoms with Gasteiger partial charge >= 0.3 is 5.97 Å². The van der Waals surface area contributed by atoms with Crippen molar-refractivity contribution >= 4 is 16.9 Å². The van der Waals surface area contributed by atoms with E-state index in [0.29, 0.717) is 5.56 Å². The van der Waals surface area contributed by atoms with Crippen molar-refractivity contribution in [3.63, 3.8) is 0 Å². The fourth-order valence-corrected chi connectivity index (χ4v) is 2.36. The Morgan fingerprint density at radius 1 is 1.26 bits per heavy atom. The maximum atomic E-state index is 12.1. The van der Waals surface area contributed by atoms with E-state index in [1.54, 1.807) is 13.1 Å². The first kappa shape index (κ1) is 17.4. The van der Waals surface area contributed by atoms with Gasteiger partial charge < -0.3 is 30.1 Å². The van der Waals surface area contributed by atoms with E-state index in [1.165, 1.54) is 0 Å². The largest absolute Gasteiger partial charge is 0.432 e. The zero-order chi connectivity index (χ0) is 17.0. The standard InChI is InChI=1S/C16H21NO6/c1-9(11-8-17-12-5-3-2-4-10(11)12)15(21)23-16(22)14(20)13(19)6-7-18/h2-5,8-9,13-14,16-20,22H,6-7H2,1H3. The van der Waals surface area contributed by atoms with Crippen LogP contribution in [-0.4, -0.2) is 56.5 Å². The van der Waals surface area contributed by atoms with Crippen molar-refractivity contribution in [2.75, 3.05) is 6.61 Å². The number of aromatic amines is 1. The van der Waals surface area contributed by atoms with Crippen LogP contribution in [-0.2, 0) is 9.53 Å². The number of benzene rings is 1. The summed E-state index contributed by atoms with van der Waals surface area (Å²) in [6.07, 6.45) is -3.36. The number of carbonyl (C=O) groups is 1. The van der Waals surface area contributed by atoms with E-state index in [0.717, 1.165) is 10.9 Å². The van der Waals surface area contributed by atoms with Crippen molar-refractivity contribution in [2.24, 2.45) is 0 Å². The summed E-state index contributed by atoms with van der Waals surface area (Å²) in [5.74, 6) is -1.39. The van der Waals surface area contributed by atoms with Gasteiger partial charge in [-0.25, -0.2) is 0 Å². The molecular formula is C16H21NO6. The summed E-state index contributed by atoms with van der Waals surface area (Å²) in [6.45, 7) is 1.27. The number of hydrogen-bond donors (Lipinski definition) is 5. The molecule has 1 aromatic carbocycles. The highest BCUT2D eigenvalue weighted by molar-refractivity contribution is 5.89. The predicted molar refractivity (Wildman–Crippen MR) is 82.5 cm³/mol. The van der Waals surface area contributed by atoms with Gasteiger partial charge in [-0.2, -0.15) is 0 Å². The number of aliphatic hydroxyl groups is 4. The van der Waals surface area contributed by atoms with Crippen molar-refractivity contribution in [3.05, 3.63) is 36.0 Å². The minimum atomic E-state index is -1.86. The van der Waals surface area contributed by atoms with Crippen LogP contribution in [0.1, 0.15) is 24.8 Å². The molecule has 0 spiro atoms. The zero-order valence-electron chi connectivity index (χ0n) is 12.7. The number of ether oxygens (including phenoxy) is 1. The normalized spacial score (nSPS) is 16.7. The van der Waals surface area contributed by atoms with E-state index in [9.17, 15) is 20.1 Å². The maximum Gasteiger partial charge on any atom is 0.315 e. The van der Waals surface area contributed by atoms with Crippen LogP contribution in [0.3, 0.4) is 0 Å². The molecule has 2 rings (SSSR count). The molecule has 0 radical (unpaired) electrons. The molecule has 0 aliphatic rings. The number of fused-ring (bicyclic) bond motifs is 1. The van der Waals surface area contributed by atoms with Gasteiger partial charge in [0.25, 0.3) is 0 Å². The Bertz CT molecular complexity index is 655. The number of aromatic nitrogens is 1. The highest BCUT2D eigenvalue weighted by Gasteiger charge is 2.30. The van der Waals surface area contributed by atoms with E-state index in [4.69, 9.17) is 9.84 Å². The van der Waals surface area contributed by atoms with Crippen molar-refractivity contribution in [1.29, 1.82) is 0 Å². The van der Waals surface area contributed by atoms with Crippen molar-refractivity contribution < 1.29 is 30.0 Å². The molecule has 5 N–H and O–H groups in total. The molecule has 0 saturated carbocycles. The Labute approximate surface area is 133 Å². The highest BCUT2D eigenvalue weighted by Crippen LogP contribution is 2.26. The quantitative estimate of drug-likeness (QED) is 0.367. The monoisotopic (exact) mass is 323 g/mol. The number of para-hydroxylation sites is 1. The number of H-pyrrole nitrogens is 1. The zero-order valence-corrected chi connectivity index (χ0v) is 12.7. The van der Waals surface area contributed by atoms with Crippen LogP contribution in [0.15, 0.2) is 30.5 Å². The predicted octanol–water partition coefficient (Wildman–Crippen LogP) is 0.237. The molecule has 0 aliphatic carbocycles. The van der Waals surface area contributed by atoms with Gasteiger partial charge in [0.15, 0.2) is 0 Å². The molecule has 0 amide bonds. The smallest absolute Gasteiger partial charge is 0.315 e. The van der Waals surface area contributed by atoms with E-state index in [-0.39, 0.29) is 13.0 Å². The van der Waals surface area contributed by atoms with Crippen LogP contribution in [0.4, 0.5) is 0 Å². The van der Waals surface area contributed by atoms with Gasteiger partial charge in [0, 0.05) is 23.7 Å². The molecule has 23 heavy (non-hydrogen) atoms. The van der Waals surface area contributed by atoms with Crippen LogP contribution in [0.2, 0.25) is 0 Å². The SMILES string of the molecule is CC(C(=O)OC(O)C(O)C(O)CCO)c1c[nH]c2ccccc12. The molecule has 4 atom stereocenters. The molecule has 7 heteroatoms. The minimum Gasteiger partial charge on any atom is -0.432 e. The van der Waals surface area contributed by atoms with Crippen LogP contribution < -0.4 is 0 Å². The Morgan fingerprint density at radius 2 is 1.96 bits per heavy atom. The van der Waals surface area contributed by atoms with Gasteiger partial charge in [0.05, 0.1) is 12.0 Å². The van der Waals surface area contributed by atoms with E-state index in [1.807, 2.05) is 24.3 Å². The summed E-state index contributed by atoms with van der Waals surface area (Å²) in [4.78, 5) is 15.2. The Hall–Kier alpha value is -1.93. The first-order chi connectivity index (χ1) is 11.0. The second kappa shape index (κ2) is 7.56. The topological polar surface area (TPSA) is 123 Å². The average molecular weight is 323 g/mol. The third-order valence-corrected chi connectivity index (χ3v) is 3.79. The van der Waals surface area contributed by atoms with Crippen molar-refractivity contribution in [2.45, 2.75) is 37.8 Å². The lowest BCUT2D eigenvalue weighted by Gasteiger charge is -2.23. The Balaban J connectivity index is 2.05. The van der Waals surface area contributed by atoms with Crippen molar-refractivity contribution in [3.8, 4) is 0 Å². The summed E-state index contributed by atoms with van der Waals surface area (Å²) in [7, 11) is 0. The lowest BCUT2D eigenvalue weighted by Crippen LogP contribution is -2.41.